The summed E-state index contributed by atoms with van der Waals surface area (Å²) in [6.45, 7) is 2.68. The van der Waals surface area contributed by atoms with E-state index in [1.54, 1.807) is 53.7 Å². The fraction of sp³-hybridized carbons (Fsp3) is 0.353. The molecule has 0 saturated heterocycles. The SMILES string of the molecule is C=O.COCC1CCc2cc3c(cc2C1NC(=O)/C(N)=C/N(N)c1ccc(OC)cc1OC)OCO3.COc1cccc(OC)c1OC. The van der Waals surface area contributed by atoms with Crippen LogP contribution in [-0.2, 0) is 20.7 Å². The van der Waals surface area contributed by atoms with Crippen LogP contribution in [-0.4, -0.2) is 68.8 Å². The van der Waals surface area contributed by atoms with Crippen LogP contribution in [0.4, 0.5) is 5.69 Å². The molecular formula is C34H44N4O10. The van der Waals surface area contributed by atoms with Crippen molar-refractivity contribution in [3.63, 3.8) is 0 Å². The van der Waals surface area contributed by atoms with Gasteiger partial charge < -0.3 is 53.7 Å². The molecule has 0 fully saturated rings. The van der Waals surface area contributed by atoms with Crippen molar-refractivity contribution in [1.29, 1.82) is 0 Å². The number of nitrogens with zero attached hydrogens (tertiary/aromatic N) is 1. The van der Waals surface area contributed by atoms with Gasteiger partial charge in [0.1, 0.15) is 24.0 Å². The largest absolute Gasteiger partial charge is 0.497 e. The van der Waals surface area contributed by atoms with Gasteiger partial charge in [-0.25, -0.2) is 5.84 Å². The molecule has 1 heterocycles. The van der Waals surface area contributed by atoms with Gasteiger partial charge in [0.2, 0.25) is 12.5 Å². The molecule has 2 atom stereocenters. The predicted molar refractivity (Wildman–Crippen MR) is 179 cm³/mol. The number of anilines is 1. The molecule has 260 valence electrons. The first kappa shape index (κ1) is 37.1. The second-order valence-electron chi connectivity index (χ2n) is 10.3. The summed E-state index contributed by atoms with van der Waals surface area (Å²) in [4.78, 5) is 21.1. The lowest BCUT2D eigenvalue weighted by molar-refractivity contribution is -0.119. The average Bonchev–Trinajstić information content (AvgIpc) is 3.59. The number of nitrogens with two attached hydrogens (primary N) is 2. The van der Waals surface area contributed by atoms with Gasteiger partial charge in [-0.3, -0.25) is 9.80 Å². The molecule has 14 nitrogen and oxygen atoms in total. The Bertz CT molecular complexity index is 1530. The van der Waals surface area contributed by atoms with E-state index in [1.165, 1.54) is 18.3 Å². The highest BCUT2D eigenvalue weighted by Crippen LogP contribution is 2.43. The third kappa shape index (κ3) is 8.72. The van der Waals surface area contributed by atoms with Gasteiger partial charge >= 0.3 is 0 Å². The maximum absolute atomic E-state index is 13.1. The van der Waals surface area contributed by atoms with Gasteiger partial charge in [-0.1, -0.05) is 6.07 Å². The highest BCUT2D eigenvalue weighted by molar-refractivity contribution is 5.93. The molecule has 1 aliphatic carbocycles. The van der Waals surface area contributed by atoms with Crippen molar-refractivity contribution >= 4 is 18.4 Å². The third-order valence-corrected chi connectivity index (χ3v) is 7.68. The zero-order valence-electron chi connectivity index (χ0n) is 28.1. The Morgan fingerprint density at radius 1 is 0.917 bits per heavy atom. The van der Waals surface area contributed by atoms with Crippen molar-refractivity contribution in [2.45, 2.75) is 18.9 Å². The number of methoxy groups -OCH3 is 6. The number of carbonyl (C=O) groups excluding carboxylic acids is 2. The molecule has 5 N–H and O–H groups in total. The summed E-state index contributed by atoms with van der Waals surface area (Å²) >= 11 is 0. The summed E-state index contributed by atoms with van der Waals surface area (Å²) in [7, 11) is 9.50. The fourth-order valence-corrected chi connectivity index (χ4v) is 5.38. The highest BCUT2D eigenvalue weighted by Gasteiger charge is 2.33. The minimum Gasteiger partial charge on any atom is -0.497 e. The maximum atomic E-state index is 13.1. The van der Waals surface area contributed by atoms with Gasteiger partial charge in [0.25, 0.3) is 5.91 Å². The van der Waals surface area contributed by atoms with Crippen LogP contribution < -0.4 is 55.1 Å². The number of amides is 1. The van der Waals surface area contributed by atoms with Crippen molar-refractivity contribution in [2.24, 2.45) is 17.5 Å². The van der Waals surface area contributed by atoms with E-state index in [0.717, 1.165) is 29.7 Å². The van der Waals surface area contributed by atoms with Crippen molar-refractivity contribution in [2.75, 3.05) is 61.1 Å². The Morgan fingerprint density at radius 2 is 1.56 bits per heavy atom. The quantitative estimate of drug-likeness (QED) is 0.154. The number of hydrogen-bond acceptors (Lipinski definition) is 13. The summed E-state index contributed by atoms with van der Waals surface area (Å²) in [6.07, 6.45) is 3.06. The first-order chi connectivity index (χ1) is 23.3. The second-order valence-corrected chi connectivity index (χ2v) is 10.3. The van der Waals surface area contributed by atoms with Gasteiger partial charge in [-0.15, -0.1) is 0 Å². The van der Waals surface area contributed by atoms with Crippen LogP contribution in [0.25, 0.3) is 0 Å². The van der Waals surface area contributed by atoms with E-state index >= 15 is 0 Å². The topological polar surface area (TPSA) is 175 Å². The molecule has 48 heavy (non-hydrogen) atoms. The lowest BCUT2D eigenvalue weighted by Gasteiger charge is -2.34. The Balaban J connectivity index is 0.000000375. The van der Waals surface area contributed by atoms with Crippen molar-refractivity contribution in [3.05, 3.63) is 71.6 Å². The maximum Gasteiger partial charge on any atom is 0.269 e. The third-order valence-electron chi connectivity index (χ3n) is 7.68. The molecule has 1 aliphatic heterocycles. The first-order valence-corrected chi connectivity index (χ1v) is 14.8. The number of para-hydroxylation sites is 1. The minimum atomic E-state index is -0.445. The van der Waals surface area contributed by atoms with Crippen LogP contribution in [0.5, 0.6) is 40.2 Å². The van der Waals surface area contributed by atoms with Crippen LogP contribution in [0.1, 0.15) is 23.6 Å². The number of aryl methyl sites for hydroxylation is 1. The molecule has 0 radical (unpaired) electrons. The van der Waals surface area contributed by atoms with Crippen LogP contribution >= 0.6 is 0 Å². The first-order valence-electron chi connectivity index (χ1n) is 14.8. The number of ether oxygens (including phenoxy) is 8. The van der Waals surface area contributed by atoms with Gasteiger partial charge in [0.15, 0.2) is 23.0 Å². The average molecular weight is 669 g/mol. The van der Waals surface area contributed by atoms with E-state index in [9.17, 15) is 4.79 Å². The molecule has 0 saturated carbocycles. The fourth-order valence-electron chi connectivity index (χ4n) is 5.38. The molecular weight excluding hydrogens is 624 g/mol. The number of hydrazine groups is 1. The van der Waals surface area contributed by atoms with Gasteiger partial charge in [0.05, 0.1) is 60.1 Å². The zero-order chi connectivity index (χ0) is 35.2. The van der Waals surface area contributed by atoms with E-state index in [2.05, 4.69) is 5.32 Å². The molecule has 0 bridgehead atoms. The summed E-state index contributed by atoms with van der Waals surface area (Å²) in [5.41, 5.74) is 8.68. The predicted octanol–water partition coefficient (Wildman–Crippen LogP) is 3.51. The molecule has 3 aromatic rings. The molecule has 3 aromatic carbocycles. The van der Waals surface area contributed by atoms with Gasteiger partial charge in [-0.2, -0.15) is 0 Å². The van der Waals surface area contributed by atoms with E-state index in [-0.39, 0.29) is 24.4 Å². The smallest absolute Gasteiger partial charge is 0.269 e. The Morgan fingerprint density at radius 3 is 2.15 bits per heavy atom. The molecule has 2 unspecified atom stereocenters. The summed E-state index contributed by atoms with van der Waals surface area (Å²) in [5.74, 6) is 10.3. The van der Waals surface area contributed by atoms with Gasteiger partial charge in [-0.05, 0) is 60.4 Å². The Hall–Kier alpha value is -5.34. The van der Waals surface area contributed by atoms with E-state index in [4.69, 9.17) is 54.3 Å². The molecule has 0 spiro atoms. The van der Waals surface area contributed by atoms with Crippen molar-refractivity contribution in [1.82, 2.24) is 5.32 Å². The van der Waals surface area contributed by atoms with Crippen LogP contribution in [0.2, 0.25) is 0 Å². The minimum absolute atomic E-state index is 0.0515. The monoisotopic (exact) mass is 668 g/mol. The molecule has 1 amide bonds. The van der Waals surface area contributed by atoms with Crippen LogP contribution in [0.3, 0.4) is 0 Å². The van der Waals surface area contributed by atoms with Crippen LogP contribution in [0.15, 0.2) is 60.4 Å². The van der Waals surface area contributed by atoms with E-state index in [0.29, 0.717) is 46.8 Å². The van der Waals surface area contributed by atoms with Crippen molar-refractivity contribution < 1.29 is 47.5 Å². The van der Waals surface area contributed by atoms with Crippen LogP contribution in [0, 0.1) is 5.92 Å². The molecule has 2 aliphatic rings. The molecule has 0 aromatic heterocycles. The molecule has 14 heteroatoms. The number of fused-ring (bicyclic) bond motifs is 2. The van der Waals surface area contributed by atoms with Crippen molar-refractivity contribution in [3.8, 4) is 40.2 Å². The summed E-state index contributed by atoms with van der Waals surface area (Å²) in [6, 6.07) is 14.2. The second kappa shape index (κ2) is 18.1. The summed E-state index contributed by atoms with van der Waals surface area (Å²) in [5, 5.41) is 4.31. The van der Waals surface area contributed by atoms with E-state index in [1.807, 2.05) is 37.1 Å². The number of hydrogen-bond donors (Lipinski definition) is 3. The number of carbonyl (C=O) groups is 2. The highest BCUT2D eigenvalue weighted by atomic mass is 16.7. The zero-order valence-corrected chi connectivity index (χ0v) is 28.1. The number of benzene rings is 3. The standard InChI is InChI=1S/C24H30N4O6.C9H12O3.CH2O/c1-30-12-15-5-4-14-8-21-22(34-13-33-21)10-17(14)23(15)27-24(29)18(25)11-28(26)19-7-6-16(31-2)9-20(19)32-3;1-10-7-5-4-6-8(11-2)9(7)12-3;1-2/h6-11,15,23H,4-5,12-13,25-26H2,1-3H3,(H,27,29);4-6H,1-3H3;1H2/b18-11-;;. The summed E-state index contributed by atoms with van der Waals surface area (Å²) < 4.78 is 42.3. The Kier molecular flexibility index (Phi) is 14.0. The normalized spacial score (nSPS) is 15.7. The van der Waals surface area contributed by atoms with E-state index < -0.39 is 5.91 Å². The molecule has 5 rings (SSSR count). The lowest BCUT2D eigenvalue weighted by Crippen LogP contribution is -2.41. The van der Waals surface area contributed by atoms with Gasteiger partial charge in [0, 0.05) is 19.1 Å². The Labute approximate surface area is 280 Å². The number of rotatable bonds is 11. The number of nitrogens with one attached hydrogen (secondary N) is 1. The lowest BCUT2D eigenvalue weighted by atomic mass is 9.79.